The second-order valence-corrected chi connectivity index (χ2v) is 8.04. The molecule has 1 aromatic carbocycles. The Kier molecular flexibility index (Phi) is 5.53. The van der Waals surface area contributed by atoms with Crippen LogP contribution < -0.4 is 10.9 Å². The molecular weight excluding hydrogens is 391 g/mol. The standard InChI is InChI=1S/C21H21FN4O2S/c1-13(26-19(27)9-8-18(25-26)14-2-3-14)20(28)23-11-10-17-12-29-21(24-17)15-4-6-16(22)7-5-15/h4-9,12-14H,2-3,10-11H2,1H3,(H,23,28). The van der Waals surface area contributed by atoms with E-state index >= 15 is 0 Å². The first-order valence-electron chi connectivity index (χ1n) is 9.59. The van der Waals surface area contributed by atoms with Gasteiger partial charge in [0.2, 0.25) is 5.91 Å². The predicted molar refractivity (Wildman–Crippen MR) is 109 cm³/mol. The number of benzene rings is 1. The first kappa shape index (κ1) is 19.4. The van der Waals surface area contributed by atoms with Gasteiger partial charge in [-0.15, -0.1) is 11.3 Å². The fourth-order valence-electron chi connectivity index (χ4n) is 3.03. The van der Waals surface area contributed by atoms with Gasteiger partial charge in [-0.2, -0.15) is 5.10 Å². The minimum atomic E-state index is -0.675. The average molecular weight is 412 g/mol. The summed E-state index contributed by atoms with van der Waals surface area (Å²) in [6.07, 6.45) is 2.74. The van der Waals surface area contributed by atoms with Gasteiger partial charge in [0, 0.05) is 35.9 Å². The molecule has 6 nitrogen and oxygen atoms in total. The lowest BCUT2D eigenvalue weighted by Gasteiger charge is -2.14. The topological polar surface area (TPSA) is 76.9 Å². The van der Waals surface area contributed by atoms with Crippen LogP contribution in [-0.4, -0.2) is 27.2 Å². The molecule has 8 heteroatoms. The second kappa shape index (κ2) is 8.24. The van der Waals surface area contributed by atoms with Crippen molar-refractivity contribution in [2.75, 3.05) is 6.54 Å². The third kappa shape index (κ3) is 4.59. The monoisotopic (exact) mass is 412 g/mol. The van der Waals surface area contributed by atoms with Gasteiger partial charge in [-0.1, -0.05) is 0 Å². The number of nitrogens with one attached hydrogen (secondary N) is 1. The molecule has 1 unspecified atom stereocenters. The summed E-state index contributed by atoms with van der Waals surface area (Å²) in [7, 11) is 0. The van der Waals surface area contributed by atoms with Crippen LogP contribution in [0, 0.1) is 5.82 Å². The van der Waals surface area contributed by atoms with Crippen molar-refractivity contribution in [1.29, 1.82) is 0 Å². The predicted octanol–water partition coefficient (Wildman–Crippen LogP) is 3.30. The highest BCUT2D eigenvalue weighted by Gasteiger charge is 2.27. The van der Waals surface area contributed by atoms with Gasteiger partial charge >= 0.3 is 0 Å². The van der Waals surface area contributed by atoms with E-state index < -0.39 is 6.04 Å². The minimum absolute atomic E-state index is 0.249. The maximum Gasteiger partial charge on any atom is 0.267 e. The van der Waals surface area contributed by atoms with E-state index in [0.717, 1.165) is 34.8 Å². The van der Waals surface area contributed by atoms with Crippen LogP contribution in [0.1, 0.15) is 43.1 Å². The van der Waals surface area contributed by atoms with Crippen LogP contribution in [-0.2, 0) is 11.2 Å². The number of thiazole rings is 1. The van der Waals surface area contributed by atoms with Gasteiger partial charge in [0.25, 0.3) is 5.56 Å². The van der Waals surface area contributed by atoms with Crippen molar-refractivity contribution >= 4 is 17.2 Å². The van der Waals surface area contributed by atoms with Crippen LogP contribution in [0.15, 0.2) is 46.6 Å². The molecule has 29 heavy (non-hydrogen) atoms. The Morgan fingerprint density at radius 3 is 2.76 bits per heavy atom. The molecule has 1 aliphatic carbocycles. The molecule has 150 valence electrons. The lowest BCUT2D eigenvalue weighted by atomic mass is 10.2. The number of hydrogen-bond acceptors (Lipinski definition) is 5. The van der Waals surface area contributed by atoms with Gasteiger partial charge in [-0.25, -0.2) is 14.1 Å². The first-order valence-corrected chi connectivity index (χ1v) is 10.5. The zero-order valence-electron chi connectivity index (χ0n) is 16.0. The van der Waals surface area contributed by atoms with Crippen LogP contribution in [0.2, 0.25) is 0 Å². The molecule has 1 saturated carbocycles. The molecule has 0 bridgehead atoms. The summed E-state index contributed by atoms with van der Waals surface area (Å²) in [5.74, 6) is -0.114. The van der Waals surface area contributed by atoms with Crippen LogP contribution >= 0.6 is 11.3 Å². The number of hydrogen-bond donors (Lipinski definition) is 1. The van der Waals surface area contributed by atoms with Crippen LogP contribution in [0.5, 0.6) is 0 Å². The fraction of sp³-hybridized carbons (Fsp3) is 0.333. The number of rotatable bonds is 7. The zero-order valence-corrected chi connectivity index (χ0v) is 16.8. The molecule has 1 fully saturated rings. The molecule has 1 amide bonds. The van der Waals surface area contributed by atoms with E-state index in [1.807, 2.05) is 5.38 Å². The number of amides is 1. The molecule has 2 aromatic heterocycles. The number of aromatic nitrogens is 3. The summed E-state index contributed by atoms with van der Waals surface area (Å²) in [4.78, 5) is 29.1. The fourth-order valence-corrected chi connectivity index (χ4v) is 3.89. The van der Waals surface area contributed by atoms with Gasteiger partial charge in [0.1, 0.15) is 16.9 Å². The molecular formula is C21H21FN4O2S. The van der Waals surface area contributed by atoms with E-state index in [-0.39, 0.29) is 17.3 Å². The van der Waals surface area contributed by atoms with Crippen molar-refractivity contribution in [1.82, 2.24) is 20.1 Å². The Bertz CT molecular complexity index is 1070. The maximum atomic E-state index is 13.0. The number of halogens is 1. The van der Waals surface area contributed by atoms with Crippen molar-refractivity contribution in [3.63, 3.8) is 0 Å². The molecule has 0 spiro atoms. The molecule has 1 aliphatic rings. The van der Waals surface area contributed by atoms with E-state index in [0.29, 0.717) is 18.9 Å². The quantitative estimate of drug-likeness (QED) is 0.646. The van der Waals surface area contributed by atoms with Crippen molar-refractivity contribution < 1.29 is 9.18 Å². The van der Waals surface area contributed by atoms with E-state index in [9.17, 15) is 14.0 Å². The SMILES string of the molecule is CC(C(=O)NCCc1csc(-c2ccc(F)cc2)n1)n1nc(C2CC2)ccc1=O. The van der Waals surface area contributed by atoms with Crippen molar-refractivity contribution in [3.05, 3.63) is 69.3 Å². The molecule has 1 N–H and O–H groups in total. The smallest absolute Gasteiger partial charge is 0.267 e. The van der Waals surface area contributed by atoms with Crippen molar-refractivity contribution in [3.8, 4) is 10.6 Å². The van der Waals surface area contributed by atoms with Crippen LogP contribution in [0.3, 0.4) is 0 Å². The molecule has 3 aromatic rings. The Hall–Kier alpha value is -2.87. The zero-order chi connectivity index (χ0) is 20.4. The van der Waals surface area contributed by atoms with Crippen molar-refractivity contribution in [2.45, 2.75) is 38.1 Å². The Morgan fingerprint density at radius 2 is 2.03 bits per heavy atom. The highest BCUT2D eigenvalue weighted by atomic mass is 32.1. The van der Waals surface area contributed by atoms with Gasteiger partial charge in [-0.05, 0) is 50.1 Å². The van der Waals surface area contributed by atoms with E-state index in [1.54, 1.807) is 25.1 Å². The summed E-state index contributed by atoms with van der Waals surface area (Å²) in [6, 6.07) is 8.77. The van der Waals surface area contributed by atoms with Gasteiger partial charge in [-0.3, -0.25) is 9.59 Å². The third-order valence-corrected chi connectivity index (χ3v) is 5.85. The molecule has 0 radical (unpaired) electrons. The van der Waals surface area contributed by atoms with Gasteiger partial charge in [0.05, 0.1) is 11.4 Å². The van der Waals surface area contributed by atoms with E-state index in [2.05, 4.69) is 15.4 Å². The molecule has 0 aliphatic heterocycles. The maximum absolute atomic E-state index is 13.0. The van der Waals surface area contributed by atoms with Crippen molar-refractivity contribution in [2.24, 2.45) is 0 Å². The highest BCUT2D eigenvalue weighted by Crippen LogP contribution is 2.38. The average Bonchev–Trinajstić information content (AvgIpc) is 3.47. The largest absolute Gasteiger partial charge is 0.354 e. The Balaban J connectivity index is 1.34. The summed E-state index contributed by atoms with van der Waals surface area (Å²) in [6.45, 7) is 2.09. The first-order chi connectivity index (χ1) is 14.0. The third-order valence-electron chi connectivity index (χ3n) is 4.91. The van der Waals surface area contributed by atoms with E-state index in [4.69, 9.17) is 0 Å². The lowest BCUT2D eigenvalue weighted by molar-refractivity contribution is -0.124. The van der Waals surface area contributed by atoms with Gasteiger partial charge in [0.15, 0.2) is 0 Å². The van der Waals surface area contributed by atoms with Gasteiger partial charge < -0.3 is 5.32 Å². The molecule has 1 atom stereocenters. The Morgan fingerprint density at radius 1 is 1.28 bits per heavy atom. The minimum Gasteiger partial charge on any atom is -0.354 e. The molecule has 4 rings (SSSR count). The number of carbonyl (C=O) groups excluding carboxylic acids is 1. The summed E-state index contributed by atoms with van der Waals surface area (Å²) < 4.78 is 14.3. The molecule has 0 saturated heterocycles. The highest BCUT2D eigenvalue weighted by molar-refractivity contribution is 7.13. The Labute approximate surface area is 171 Å². The molecule has 2 heterocycles. The van der Waals surface area contributed by atoms with E-state index in [1.165, 1.54) is 34.2 Å². The normalized spacial score (nSPS) is 14.6. The second-order valence-electron chi connectivity index (χ2n) is 7.18. The summed E-state index contributed by atoms with van der Waals surface area (Å²) in [5, 5.41) is 9.97. The van der Waals surface area contributed by atoms with Crippen LogP contribution in [0.4, 0.5) is 4.39 Å². The number of carbonyl (C=O) groups is 1. The summed E-state index contributed by atoms with van der Waals surface area (Å²) in [5.41, 5.74) is 2.31. The van der Waals surface area contributed by atoms with Crippen LogP contribution in [0.25, 0.3) is 10.6 Å². The summed E-state index contributed by atoms with van der Waals surface area (Å²) >= 11 is 1.48. The number of nitrogens with zero attached hydrogens (tertiary/aromatic N) is 3. The lowest BCUT2D eigenvalue weighted by Crippen LogP contribution is -2.38.